The quantitative estimate of drug-likeness (QED) is 0.521. The van der Waals surface area contributed by atoms with Crippen LogP contribution in [0.2, 0.25) is 0 Å². The van der Waals surface area contributed by atoms with E-state index in [1.54, 1.807) is 11.0 Å². The van der Waals surface area contributed by atoms with Crippen molar-refractivity contribution in [3.63, 3.8) is 0 Å². The first-order chi connectivity index (χ1) is 14.0. The average molecular weight is 414 g/mol. The Balaban J connectivity index is 2.15. The SMILES string of the molecule is CCCc1nc(C)c(-c2nc(-c3ccc(N(C)C)c(F)c3)nn2C(C)C(C)(C)C)o1. The second-order valence-corrected chi connectivity index (χ2v) is 9.08. The highest BCUT2D eigenvalue weighted by atomic mass is 19.1. The number of anilines is 1. The van der Waals surface area contributed by atoms with Gasteiger partial charge in [-0.2, -0.15) is 5.10 Å². The number of aromatic nitrogens is 4. The van der Waals surface area contributed by atoms with E-state index in [0.717, 1.165) is 18.5 Å². The first kappa shape index (κ1) is 22.0. The topological polar surface area (TPSA) is 60.0 Å². The molecule has 0 spiro atoms. The first-order valence-corrected chi connectivity index (χ1v) is 10.4. The van der Waals surface area contributed by atoms with E-state index in [2.05, 4.69) is 39.6 Å². The fourth-order valence-electron chi connectivity index (χ4n) is 3.23. The number of oxazole rings is 1. The Bertz CT molecular complexity index is 1030. The maximum atomic E-state index is 14.6. The molecule has 2 aromatic heterocycles. The van der Waals surface area contributed by atoms with Crippen LogP contribution in [0.25, 0.3) is 23.0 Å². The summed E-state index contributed by atoms with van der Waals surface area (Å²) in [6.07, 6.45) is 1.72. The van der Waals surface area contributed by atoms with E-state index in [-0.39, 0.29) is 17.3 Å². The van der Waals surface area contributed by atoms with Gasteiger partial charge in [0.15, 0.2) is 23.3 Å². The molecular formula is C23H32FN5O. The predicted molar refractivity (Wildman–Crippen MR) is 118 cm³/mol. The van der Waals surface area contributed by atoms with Crippen molar-refractivity contribution in [1.29, 1.82) is 0 Å². The lowest BCUT2D eigenvalue weighted by molar-refractivity contribution is 0.245. The van der Waals surface area contributed by atoms with Gasteiger partial charge in [-0.15, -0.1) is 0 Å². The number of nitrogens with zero attached hydrogens (tertiary/aromatic N) is 5. The normalized spacial score (nSPS) is 13.0. The Labute approximate surface area is 178 Å². The van der Waals surface area contributed by atoms with Crippen LogP contribution in [0.15, 0.2) is 22.6 Å². The largest absolute Gasteiger partial charge is 0.437 e. The lowest BCUT2D eigenvalue weighted by atomic mass is 9.88. The third-order valence-electron chi connectivity index (χ3n) is 5.45. The van der Waals surface area contributed by atoms with Crippen molar-refractivity contribution in [2.24, 2.45) is 5.41 Å². The molecule has 3 aromatic rings. The van der Waals surface area contributed by atoms with Gasteiger partial charge in [0.25, 0.3) is 0 Å². The van der Waals surface area contributed by atoms with E-state index in [4.69, 9.17) is 14.5 Å². The lowest BCUT2D eigenvalue weighted by Crippen LogP contribution is -2.23. The number of benzene rings is 1. The zero-order valence-corrected chi connectivity index (χ0v) is 19.2. The zero-order valence-electron chi connectivity index (χ0n) is 19.2. The van der Waals surface area contributed by atoms with Crippen molar-refractivity contribution >= 4 is 5.69 Å². The molecule has 1 aromatic carbocycles. The molecule has 0 aliphatic carbocycles. The molecule has 0 fully saturated rings. The average Bonchev–Trinajstić information content (AvgIpc) is 3.23. The minimum Gasteiger partial charge on any atom is -0.437 e. The Morgan fingerprint density at radius 1 is 1.20 bits per heavy atom. The molecule has 0 radical (unpaired) electrons. The van der Waals surface area contributed by atoms with Gasteiger partial charge in [0.1, 0.15) is 5.82 Å². The molecule has 3 rings (SSSR count). The van der Waals surface area contributed by atoms with E-state index in [9.17, 15) is 4.39 Å². The van der Waals surface area contributed by atoms with Gasteiger partial charge in [0.2, 0.25) is 0 Å². The Morgan fingerprint density at radius 3 is 2.47 bits per heavy atom. The third kappa shape index (κ3) is 4.25. The van der Waals surface area contributed by atoms with Crippen molar-refractivity contribution in [1.82, 2.24) is 19.7 Å². The molecule has 30 heavy (non-hydrogen) atoms. The van der Waals surface area contributed by atoms with Gasteiger partial charge in [0.05, 0.1) is 17.4 Å². The zero-order chi connectivity index (χ0) is 22.2. The standard InChI is InChI=1S/C23H32FN5O/c1-9-10-19-25-14(2)20(30-19)22-26-21(27-29(22)15(3)23(4,5)6)16-11-12-18(28(7)8)17(24)13-16/h11-13,15H,9-10H2,1-8H3. The highest BCUT2D eigenvalue weighted by molar-refractivity contribution is 5.63. The first-order valence-electron chi connectivity index (χ1n) is 10.4. The van der Waals surface area contributed by atoms with Crippen molar-refractivity contribution in [2.75, 3.05) is 19.0 Å². The number of rotatable bonds is 6. The van der Waals surface area contributed by atoms with Gasteiger partial charge in [-0.25, -0.2) is 19.0 Å². The van der Waals surface area contributed by atoms with Gasteiger partial charge in [-0.1, -0.05) is 27.7 Å². The maximum absolute atomic E-state index is 14.6. The summed E-state index contributed by atoms with van der Waals surface area (Å²) in [6, 6.07) is 5.12. The Kier molecular flexibility index (Phi) is 6.01. The van der Waals surface area contributed by atoms with Crippen LogP contribution >= 0.6 is 0 Å². The number of aryl methyl sites for hydroxylation is 2. The molecule has 162 valence electrons. The lowest BCUT2D eigenvalue weighted by Gasteiger charge is -2.28. The van der Waals surface area contributed by atoms with Crippen molar-refractivity contribution in [2.45, 2.75) is 60.4 Å². The summed E-state index contributed by atoms with van der Waals surface area (Å²) in [7, 11) is 3.63. The monoisotopic (exact) mass is 413 g/mol. The highest BCUT2D eigenvalue weighted by Crippen LogP contribution is 2.36. The van der Waals surface area contributed by atoms with E-state index in [1.807, 2.05) is 31.8 Å². The van der Waals surface area contributed by atoms with Crippen molar-refractivity contribution < 1.29 is 8.81 Å². The fourth-order valence-corrected chi connectivity index (χ4v) is 3.23. The maximum Gasteiger partial charge on any atom is 0.197 e. The summed E-state index contributed by atoms with van der Waals surface area (Å²) >= 11 is 0. The van der Waals surface area contributed by atoms with Gasteiger partial charge >= 0.3 is 0 Å². The molecule has 0 saturated carbocycles. The van der Waals surface area contributed by atoms with Crippen LogP contribution in [0.1, 0.15) is 58.7 Å². The molecule has 0 bridgehead atoms. The van der Waals surface area contributed by atoms with E-state index < -0.39 is 0 Å². The van der Waals surface area contributed by atoms with Gasteiger partial charge < -0.3 is 9.32 Å². The fraction of sp³-hybridized carbons (Fsp3) is 0.522. The molecule has 1 unspecified atom stereocenters. The van der Waals surface area contributed by atoms with E-state index >= 15 is 0 Å². The van der Waals surface area contributed by atoms with E-state index in [1.165, 1.54) is 6.07 Å². The van der Waals surface area contributed by atoms with Crippen LogP contribution < -0.4 is 4.90 Å². The van der Waals surface area contributed by atoms with Crippen molar-refractivity contribution in [3.8, 4) is 23.0 Å². The summed E-state index contributed by atoms with van der Waals surface area (Å²) in [5.41, 5.74) is 1.88. The molecule has 2 heterocycles. The Hall–Kier alpha value is -2.70. The molecule has 0 aliphatic rings. The van der Waals surface area contributed by atoms with Crippen LogP contribution in [0, 0.1) is 18.2 Å². The van der Waals surface area contributed by atoms with E-state index in [0.29, 0.717) is 34.6 Å². The Morgan fingerprint density at radius 2 is 1.90 bits per heavy atom. The molecular weight excluding hydrogens is 381 g/mol. The summed E-state index contributed by atoms with van der Waals surface area (Å²) in [5.74, 6) is 2.11. The molecule has 0 N–H and O–H groups in total. The van der Waals surface area contributed by atoms with Crippen LogP contribution in [-0.4, -0.2) is 33.8 Å². The summed E-state index contributed by atoms with van der Waals surface area (Å²) in [4.78, 5) is 11.1. The minimum absolute atomic E-state index is 0.0405. The molecule has 6 nitrogen and oxygen atoms in total. The summed E-state index contributed by atoms with van der Waals surface area (Å²) in [5, 5.41) is 4.77. The summed E-state index contributed by atoms with van der Waals surface area (Å²) < 4.78 is 22.5. The molecule has 0 amide bonds. The molecule has 0 saturated heterocycles. The second-order valence-electron chi connectivity index (χ2n) is 9.08. The van der Waals surface area contributed by atoms with Crippen LogP contribution in [0.5, 0.6) is 0 Å². The van der Waals surface area contributed by atoms with Crippen LogP contribution in [-0.2, 0) is 6.42 Å². The van der Waals surface area contributed by atoms with Gasteiger partial charge in [0, 0.05) is 26.1 Å². The predicted octanol–water partition coefficient (Wildman–Crippen LogP) is 5.67. The summed E-state index contributed by atoms with van der Waals surface area (Å²) in [6.45, 7) is 12.6. The molecule has 1 atom stereocenters. The van der Waals surface area contributed by atoms with Gasteiger partial charge in [-0.05, 0) is 43.9 Å². The van der Waals surface area contributed by atoms with Crippen LogP contribution in [0.4, 0.5) is 10.1 Å². The third-order valence-corrected chi connectivity index (χ3v) is 5.45. The minimum atomic E-state index is -0.305. The molecule has 7 heteroatoms. The van der Waals surface area contributed by atoms with Crippen molar-refractivity contribution in [3.05, 3.63) is 35.6 Å². The van der Waals surface area contributed by atoms with Gasteiger partial charge in [-0.3, -0.25) is 0 Å². The number of halogens is 1. The highest BCUT2D eigenvalue weighted by Gasteiger charge is 2.29. The second kappa shape index (κ2) is 8.20. The van der Waals surface area contributed by atoms with Crippen LogP contribution in [0.3, 0.4) is 0 Å². The smallest absolute Gasteiger partial charge is 0.197 e. The number of hydrogen-bond donors (Lipinski definition) is 0. The molecule has 0 aliphatic heterocycles. The number of hydrogen-bond acceptors (Lipinski definition) is 5.